The molecule has 0 fully saturated rings. The minimum Gasteiger partial charge on any atom is -0.496 e. The van der Waals surface area contributed by atoms with E-state index >= 15 is 0 Å². The standard InChI is InChI=1S/C13H11F3N4O4S/c1-23-6-4-3-5-7(24-2)8(6)9(21)17-11(22)18-12-20-19-10(25-12)13(14,15)16/h3-5H,1-2H3,(H2,17,18,20,21,22). The first-order valence-electron chi connectivity index (χ1n) is 6.50. The van der Waals surface area contributed by atoms with Crippen molar-refractivity contribution in [3.8, 4) is 11.5 Å². The first-order chi connectivity index (χ1) is 11.8. The predicted octanol–water partition coefficient (Wildman–Crippen LogP) is 2.54. The Hall–Kier alpha value is -2.89. The van der Waals surface area contributed by atoms with Crippen LogP contribution in [-0.2, 0) is 6.18 Å². The molecule has 0 unspecified atom stereocenters. The zero-order valence-electron chi connectivity index (χ0n) is 12.8. The molecule has 0 bridgehead atoms. The van der Waals surface area contributed by atoms with E-state index in [-0.39, 0.29) is 28.4 Å². The van der Waals surface area contributed by atoms with Gasteiger partial charge < -0.3 is 9.47 Å². The molecule has 0 radical (unpaired) electrons. The summed E-state index contributed by atoms with van der Waals surface area (Å²) < 4.78 is 47.4. The number of imide groups is 1. The number of nitrogens with one attached hydrogen (secondary N) is 2. The summed E-state index contributed by atoms with van der Waals surface area (Å²) in [6.45, 7) is 0. The summed E-state index contributed by atoms with van der Waals surface area (Å²) in [5, 5.41) is 8.41. The minimum atomic E-state index is -4.67. The second-order valence-electron chi connectivity index (χ2n) is 4.36. The van der Waals surface area contributed by atoms with Gasteiger partial charge in [-0.05, 0) is 12.1 Å². The molecule has 12 heteroatoms. The van der Waals surface area contributed by atoms with Crippen molar-refractivity contribution < 1.29 is 32.2 Å². The SMILES string of the molecule is COc1cccc(OC)c1C(=O)NC(=O)Nc1nnc(C(F)(F)F)s1. The molecule has 1 aromatic carbocycles. The molecule has 0 aliphatic carbocycles. The Morgan fingerprint density at radius 1 is 1.12 bits per heavy atom. The molecule has 0 aliphatic heterocycles. The summed E-state index contributed by atoms with van der Waals surface area (Å²) in [5.74, 6) is -0.563. The maximum Gasteiger partial charge on any atom is 0.445 e. The van der Waals surface area contributed by atoms with E-state index in [1.54, 1.807) is 6.07 Å². The molecule has 2 aromatic rings. The Kier molecular flexibility index (Phi) is 5.41. The van der Waals surface area contributed by atoms with Crippen LogP contribution in [0.1, 0.15) is 15.4 Å². The second kappa shape index (κ2) is 7.34. The molecule has 25 heavy (non-hydrogen) atoms. The molecule has 0 aliphatic rings. The van der Waals surface area contributed by atoms with Crippen LogP contribution in [0.5, 0.6) is 11.5 Å². The number of hydrogen-bond acceptors (Lipinski definition) is 7. The number of benzene rings is 1. The fourth-order valence-electron chi connectivity index (χ4n) is 1.76. The lowest BCUT2D eigenvalue weighted by atomic mass is 10.1. The number of nitrogens with zero attached hydrogens (tertiary/aromatic N) is 2. The van der Waals surface area contributed by atoms with Gasteiger partial charge in [0.05, 0.1) is 14.2 Å². The molecule has 0 saturated heterocycles. The number of carbonyl (C=O) groups is 2. The highest BCUT2D eigenvalue weighted by molar-refractivity contribution is 7.15. The maximum atomic E-state index is 12.4. The van der Waals surface area contributed by atoms with Gasteiger partial charge in [-0.1, -0.05) is 17.4 Å². The van der Waals surface area contributed by atoms with Crippen molar-refractivity contribution >= 4 is 28.4 Å². The second-order valence-corrected chi connectivity index (χ2v) is 5.33. The van der Waals surface area contributed by atoms with Crippen molar-refractivity contribution in [2.45, 2.75) is 6.18 Å². The third kappa shape index (κ3) is 4.35. The van der Waals surface area contributed by atoms with E-state index < -0.39 is 28.3 Å². The van der Waals surface area contributed by atoms with Crippen molar-refractivity contribution in [2.75, 3.05) is 19.5 Å². The summed E-state index contributed by atoms with van der Waals surface area (Å²) in [6, 6.07) is 3.46. The summed E-state index contributed by atoms with van der Waals surface area (Å²) in [6.07, 6.45) is -4.67. The van der Waals surface area contributed by atoms with Gasteiger partial charge >= 0.3 is 12.2 Å². The molecule has 134 valence electrons. The van der Waals surface area contributed by atoms with Crippen LogP contribution in [0, 0.1) is 0 Å². The summed E-state index contributed by atoms with van der Waals surface area (Å²) >= 11 is 0.127. The van der Waals surface area contributed by atoms with Crippen LogP contribution in [0.2, 0.25) is 0 Å². The van der Waals surface area contributed by atoms with E-state index in [0.717, 1.165) is 0 Å². The number of urea groups is 1. The lowest BCUT2D eigenvalue weighted by molar-refractivity contribution is -0.138. The molecule has 0 saturated carbocycles. The fraction of sp³-hybridized carbons (Fsp3) is 0.231. The third-order valence-corrected chi connectivity index (χ3v) is 3.65. The van der Waals surface area contributed by atoms with Gasteiger partial charge in [0.1, 0.15) is 17.1 Å². The van der Waals surface area contributed by atoms with Crippen LogP contribution in [0.3, 0.4) is 0 Å². The quantitative estimate of drug-likeness (QED) is 0.850. The Bertz CT molecular complexity index is 772. The predicted molar refractivity (Wildman–Crippen MR) is 80.9 cm³/mol. The first kappa shape index (κ1) is 18.4. The number of amides is 3. The monoisotopic (exact) mass is 376 g/mol. The largest absolute Gasteiger partial charge is 0.496 e. The Balaban J connectivity index is 2.11. The van der Waals surface area contributed by atoms with Gasteiger partial charge in [-0.3, -0.25) is 15.4 Å². The molecule has 2 N–H and O–H groups in total. The van der Waals surface area contributed by atoms with Crippen molar-refractivity contribution in [3.05, 3.63) is 28.8 Å². The third-order valence-electron chi connectivity index (χ3n) is 2.77. The average Bonchev–Trinajstić information content (AvgIpc) is 3.02. The Morgan fingerprint density at radius 2 is 1.72 bits per heavy atom. The zero-order chi connectivity index (χ0) is 18.6. The number of halogens is 3. The van der Waals surface area contributed by atoms with Crippen LogP contribution < -0.4 is 20.1 Å². The van der Waals surface area contributed by atoms with E-state index in [1.807, 2.05) is 10.6 Å². The Morgan fingerprint density at radius 3 is 2.20 bits per heavy atom. The number of alkyl halides is 3. The van der Waals surface area contributed by atoms with Crippen LogP contribution in [0.25, 0.3) is 0 Å². The highest BCUT2D eigenvalue weighted by Gasteiger charge is 2.35. The fourth-order valence-corrected chi connectivity index (χ4v) is 2.36. The van der Waals surface area contributed by atoms with E-state index in [2.05, 4.69) is 10.2 Å². The van der Waals surface area contributed by atoms with Crippen molar-refractivity contribution in [2.24, 2.45) is 0 Å². The molecule has 1 aromatic heterocycles. The highest BCUT2D eigenvalue weighted by Crippen LogP contribution is 2.33. The van der Waals surface area contributed by atoms with Gasteiger partial charge in [-0.2, -0.15) is 13.2 Å². The van der Waals surface area contributed by atoms with Gasteiger partial charge in [0.2, 0.25) is 10.1 Å². The van der Waals surface area contributed by atoms with E-state index in [4.69, 9.17) is 9.47 Å². The maximum absolute atomic E-state index is 12.4. The van der Waals surface area contributed by atoms with Crippen LogP contribution in [-0.4, -0.2) is 36.4 Å². The topological polar surface area (TPSA) is 102 Å². The number of anilines is 1. The zero-order valence-corrected chi connectivity index (χ0v) is 13.6. The average molecular weight is 376 g/mol. The van der Waals surface area contributed by atoms with E-state index in [1.165, 1.54) is 26.4 Å². The van der Waals surface area contributed by atoms with E-state index in [9.17, 15) is 22.8 Å². The van der Waals surface area contributed by atoms with Crippen LogP contribution >= 0.6 is 11.3 Å². The number of carbonyl (C=O) groups excluding carboxylic acids is 2. The molecule has 3 amide bonds. The number of hydrogen-bond donors (Lipinski definition) is 2. The molecule has 8 nitrogen and oxygen atoms in total. The Labute approximate surface area is 143 Å². The highest BCUT2D eigenvalue weighted by atomic mass is 32.1. The first-order valence-corrected chi connectivity index (χ1v) is 7.32. The smallest absolute Gasteiger partial charge is 0.445 e. The summed E-state index contributed by atoms with van der Waals surface area (Å²) in [7, 11) is 2.65. The lowest BCUT2D eigenvalue weighted by Crippen LogP contribution is -2.34. The lowest BCUT2D eigenvalue weighted by Gasteiger charge is -2.12. The van der Waals surface area contributed by atoms with Gasteiger partial charge in [-0.15, -0.1) is 10.2 Å². The van der Waals surface area contributed by atoms with Crippen molar-refractivity contribution in [1.82, 2.24) is 15.5 Å². The van der Waals surface area contributed by atoms with Gasteiger partial charge in [0.25, 0.3) is 5.91 Å². The van der Waals surface area contributed by atoms with E-state index in [0.29, 0.717) is 0 Å². The van der Waals surface area contributed by atoms with Crippen molar-refractivity contribution in [1.29, 1.82) is 0 Å². The number of methoxy groups -OCH3 is 2. The molecule has 0 spiro atoms. The van der Waals surface area contributed by atoms with Crippen LogP contribution in [0.15, 0.2) is 18.2 Å². The van der Waals surface area contributed by atoms with Gasteiger partial charge in [-0.25, -0.2) is 4.79 Å². The number of aromatic nitrogens is 2. The summed E-state index contributed by atoms with van der Waals surface area (Å²) in [4.78, 5) is 24.0. The normalized spacial score (nSPS) is 10.9. The molecule has 2 rings (SSSR count). The number of ether oxygens (including phenoxy) is 2. The minimum absolute atomic E-state index is 0.0455. The molecule has 0 atom stereocenters. The molecular weight excluding hydrogens is 365 g/mol. The van der Waals surface area contributed by atoms with Gasteiger partial charge in [0, 0.05) is 0 Å². The summed E-state index contributed by atoms with van der Waals surface area (Å²) in [5.41, 5.74) is -0.0455. The van der Waals surface area contributed by atoms with Crippen molar-refractivity contribution in [3.63, 3.8) is 0 Å². The molecule has 1 heterocycles. The van der Waals surface area contributed by atoms with Crippen LogP contribution in [0.4, 0.5) is 23.1 Å². The molecular formula is C13H11F3N4O4S. The number of rotatable bonds is 4. The van der Waals surface area contributed by atoms with Gasteiger partial charge in [0.15, 0.2) is 0 Å².